The molecule has 0 atom stereocenters. The number of anilines is 2. The second kappa shape index (κ2) is 9.36. The van der Waals surface area contributed by atoms with E-state index in [-0.39, 0.29) is 26.5 Å². The van der Waals surface area contributed by atoms with Gasteiger partial charge in [-0.2, -0.15) is 0 Å². The van der Waals surface area contributed by atoms with Crippen molar-refractivity contribution in [2.75, 3.05) is 35.8 Å². The molecule has 0 bridgehead atoms. The summed E-state index contributed by atoms with van der Waals surface area (Å²) in [4.78, 5) is 21.1. The minimum atomic E-state index is -3.98. The van der Waals surface area contributed by atoms with Crippen LogP contribution in [0.15, 0.2) is 71.8 Å². The molecule has 1 aliphatic rings. The Morgan fingerprint density at radius 1 is 0.938 bits per heavy atom. The largest absolute Gasteiger partial charge is 0.353 e. The average molecular weight is 491 g/mol. The molecule has 1 saturated heterocycles. The SMILES string of the molecule is O=C(c1cccc(NS(=O)(=O)c2cc(Cl)ccc2Cl)c1)N1CCN(c2ccccn2)CC1. The van der Waals surface area contributed by atoms with Crippen molar-refractivity contribution in [3.8, 4) is 0 Å². The molecule has 7 nitrogen and oxygen atoms in total. The Kier molecular flexibility index (Phi) is 6.55. The van der Waals surface area contributed by atoms with Crippen LogP contribution in [0.1, 0.15) is 10.4 Å². The van der Waals surface area contributed by atoms with Gasteiger partial charge < -0.3 is 9.80 Å². The second-order valence-electron chi connectivity index (χ2n) is 7.23. The maximum Gasteiger partial charge on any atom is 0.263 e. The molecule has 166 valence electrons. The van der Waals surface area contributed by atoms with E-state index in [1.165, 1.54) is 24.3 Å². The predicted molar refractivity (Wildman–Crippen MR) is 126 cm³/mol. The molecule has 0 saturated carbocycles. The quantitative estimate of drug-likeness (QED) is 0.580. The van der Waals surface area contributed by atoms with Gasteiger partial charge in [0.2, 0.25) is 0 Å². The van der Waals surface area contributed by atoms with E-state index < -0.39 is 10.0 Å². The number of nitrogens with one attached hydrogen (secondary N) is 1. The van der Waals surface area contributed by atoms with Crippen LogP contribution in [0.4, 0.5) is 11.5 Å². The number of amides is 1. The molecule has 0 radical (unpaired) electrons. The van der Waals surface area contributed by atoms with Crippen molar-refractivity contribution >= 4 is 50.6 Å². The van der Waals surface area contributed by atoms with Crippen LogP contribution in [0.2, 0.25) is 10.0 Å². The normalized spacial score (nSPS) is 14.3. The number of hydrogen-bond donors (Lipinski definition) is 1. The number of pyridine rings is 1. The van der Waals surface area contributed by atoms with Gasteiger partial charge in [0.25, 0.3) is 15.9 Å². The lowest BCUT2D eigenvalue weighted by atomic mass is 10.1. The Bertz CT molecular complexity index is 1230. The van der Waals surface area contributed by atoms with Crippen molar-refractivity contribution in [3.63, 3.8) is 0 Å². The number of sulfonamides is 1. The van der Waals surface area contributed by atoms with Crippen LogP contribution in [0.25, 0.3) is 0 Å². The van der Waals surface area contributed by atoms with Crippen molar-refractivity contribution in [3.05, 3.63) is 82.5 Å². The summed E-state index contributed by atoms with van der Waals surface area (Å²) in [6.07, 6.45) is 1.75. The van der Waals surface area contributed by atoms with Crippen molar-refractivity contribution in [2.24, 2.45) is 0 Å². The first-order valence-corrected chi connectivity index (χ1v) is 12.1. The van der Waals surface area contributed by atoms with Gasteiger partial charge in [-0.3, -0.25) is 9.52 Å². The molecule has 0 unspecified atom stereocenters. The van der Waals surface area contributed by atoms with Crippen LogP contribution in [0, 0.1) is 0 Å². The molecule has 1 aliphatic heterocycles. The maximum atomic E-state index is 13.0. The minimum Gasteiger partial charge on any atom is -0.353 e. The van der Waals surface area contributed by atoms with Crippen LogP contribution in [0.5, 0.6) is 0 Å². The number of aromatic nitrogens is 1. The lowest BCUT2D eigenvalue weighted by Gasteiger charge is -2.35. The fraction of sp³-hybridized carbons (Fsp3) is 0.182. The van der Waals surface area contributed by atoms with E-state index in [1.807, 2.05) is 18.2 Å². The minimum absolute atomic E-state index is 0.0555. The van der Waals surface area contributed by atoms with Gasteiger partial charge in [0.1, 0.15) is 10.7 Å². The van der Waals surface area contributed by atoms with Gasteiger partial charge in [-0.25, -0.2) is 13.4 Å². The Labute approximate surface area is 196 Å². The summed E-state index contributed by atoms with van der Waals surface area (Å²) >= 11 is 12.0. The summed E-state index contributed by atoms with van der Waals surface area (Å²) in [7, 11) is -3.98. The van der Waals surface area contributed by atoms with Gasteiger partial charge in [-0.1, -0.05) is 35.3 Å². The highest BCUT2D eigenvalue weighted by Gasteiger charge is 2.24. The van der Waals surface area contributed by atoms with Crippen LogP contribution in [0.3, 0.4) is 0 Å². The second-order valence-corrected chi connectivity index (χ2v) is 9.72. The van der Waals surface area contributed by atoms with Gasteiger partial charge in [0.05, 0.1) is 5.02 Å². The molecule has 1 fully saturated rings. The van der Waals surface area contributed by atoms with Gasteiger partial charge in [0, 0.05) is 48.6 Å². The zero-order chi connectivity index (χ0) is 22.7. The van der Waals surface area contributed by atoms with Gasteiger partial charge in [-0.05, 0) is 48.5 Å². The molecular weight excluding hydrogens is 471 g/mol. The number of nitrogens with zero attached hydrogens (tertiary/aromatic N) is 3. The molecule has 2 aromatic carbocycles. The molecule has 1 N–H and O–H groups in total. The lowest BCUT2D eigenvalue weighted by molar-refractivity contribution is 0.0746. The number of halogens is 2. The summed E-state index contributed by atoms with van der Waals surface area (Å²) in [5.74, 6) is 0.725. The number of hydrogen-bond acceptors (Lipinski definition) is 5. The monoisotopic (exact) mass is 490 g/mol. The summed E-state index contributed by atoms with van der Waals surface area (Å²) in [6, 6.07) is 16.3. The summed E-state index contributed by atoms with van der Waals surface area (Å²) < 4.78 is 28.0. The highest BCUT2D eigenvalue weighted by atomic mass is 35.5. The van der Waals surface area contributed by atoms with Crippen molar-refractivity contribution < 1.29 is 13.2 Å². The highest BCUT2D eigenvalue weighted by Crippen LogP contribution is 2.27. The lowest BCUT2D eigenvalue weighted by Crippen LogP contribution is -2.49. The van der Waals surface area contributed by atoms with E-state index in [1.54, 1.807) is 29.3 Å². The highest BCUT2D eigenvalue weighted by molar-refractivity contribution is 7.92. The number of carbonyl (C=O) groups excluding carboxylic acids is 1. The fourth-order valence-corrected chi connectivity index (χ4v) is 5.28. The third kappa shape index (κ3) is 4.98. The summed E-state index contributed by atoms with van der Waals surface area (Å²) in [6.45, 7) is 2.43. The van der Waals surface area contributed by atoms with E-state index in [0.717, 1.165) is 5.82 Å². The molecule has 2 heterocycles. The smallest absolute Gasteiger partial charge is 0.263 e. The number of piperazine rings is 1. The van der Waals surface area contributed by atoms with Crippen LogP contribution >= 0.6 is 23.2 Å². The third-order valence-electron chi connectivity index (χ3n) is 5.08. The Balaban J connectivity index is 1.46. The molecule has 0 spiro atoms. The molecular formula is C22H20Cl2N4O3S. The molecule has 0 aliphatic carbocycles. The van der Waals surface area contributed by atoms with Crippen molar-refractivity contribution in [1.82, 2.24) is 9.88 Å². The van der Waals surface area contributed by atoms with Crippen LogP contribution < -0.4 is 9.62 Å². The zero-order valence-electron chi connectivity index (χ0n) is 16.9. The fourth-order valence-electron chi connectivity index (χ4n) is 3.47. The van der Waals surface area contributed by atoms with Gasteiger partial charge in [-0.15, -0.1) is 0 Å². The first kappa shape index (κ1) is 22.4. The van der Waals surface area contributed by atoms with Crippen LogP contribution in [-0.4, -0.2) is 50.4 Å². The Hall–Kier alpha value is -2.81. The van der Waals surface area contributed by atoms with E-state index in [9.17, 15) is 13.2 Å². The van der Waals surface area contributed by atoms with E-state index in [2.05, 4.69) is 14.6 Å². The zero-order valence-corrected chi connectivity index (χ0v) is 19.2. The van der Waals surface area contributed by atoms with E-state index in [0.29, 0.717) is 31.7 Å². The predicted octanol–water partition coefficient (Wildman–Crippen LogP) is 4.15. The standard InChI is InChI=1S/C22H20Cl2N4O3S/c23-17-7-8-19(24)20(15-17)32(30,31)26-18-5-3-4-16(14-18)22(29)28-12-10-27(11-13-28)21-6-1-2-9-25-21/h1-9,14-15,26H,10-13H2. The van der Waals surface area contributed by atoms with Crippen molar-refractivity contribution in [2.45, 2.75) is 4.90 Å². The van der Waals surface area contributed by atoms with Gasteiger partial charge in [0.15, 0.2) is 0 Å². The maximum absolute atomic E-state index is 13.0. The number of rotatable bonds is 5. The summed E-state index contributed by atoms with van der Waals surface area (Å²) in [5.41, 5.74) is 0.660. The first-order valence-electron chi connectivity index (χ1n) is 9.87. The van der Waals surface area contributed by atoms with E-state index in [4.69, 9.17) is 23.2 Å². The Morgan fingerprint density at radius 3 is 2.44 bits per heavy atom. The van der Waals surface area contributed by atoms with Crippen molar-refractivity contribution in [1.29, 1.82) is 0 Å². The Morgan fingerprint density at radius 2 is 1.72 bits per heavy atom. The number of carbonyl (C=O) groups is 1. The molecule has 4 rings (SSSR count). The van der Waals surface area contributed by atoms with Crippen LogP contribution in [-0.2, 0) is 10.0 Å². The first-order chi connectivity index (χ1) is 15.3. The average Bonchev–Trinajstić information content (AvgIpc) is 2.80. The summed E-state index contributed by atoms with van der Waals surface area (Å²) in [5, 5.41) is 0.309. The molecule has 1 aromatic heterocycles. The molecule has 10 heteroatoms. The topological polar surface area (TPSA) is 82.6 Å². The number of benzene rings is 2. The van der Waals surface area contributed by atoms with Gasteiger partial charge >= 0.3 is 0 Å². The third-order valence-corrected chi connectivity index (χ3v) is 7.18. The molecule has 32 heavy (non-hydrogen) atoms. The molecule has 1 amide bonds. The van der Waals surface area contributed by atoms with E-state index >= 15 is 0 Å². The molecule has 3 aromatic rings.